The summed E-state index contributed by atoms with van der Waals surface area (Å²) in [6, 6.07) is -0.266. The van der Waals surface area contributed by atoms with Gasteiger partial charge in [0.15, 0.2) is 0 Å². The summed E-state index contributed by atoms with van der Waals surface area (Å²) in [5, 5.41) is 11.4. The van der Waals surface area contributed by atoms with Gasteiger partial charge in [-0.2, -0.15) is 0 Å². The zero-order valence-electron chi connectivity index (χ0n) is 9.11. The lowest BCUT2D eigenvalue weighted by Gasteiger charge is -2.11. The molecule has 0 bridgehead atoms. The van der Waals surface area contributed by atoms with E-state index in [2.05, 4.69) is 15.3 Å². The van der Waals surface area contributed by atoms with Crippen molar-refractivity contribution in [2.24, 2.45) is 0 Å². The van der Waals surface area contributed by atoms with Gasteiger partial charge in [0.25, 0.3) is 5.91 Å². The zero-order chi connectivity index (χ0) is 11.4. The Morgan fingerprint density at radius 1 is 1.60 bits per heavy atom. The summed E-state index contributed by atoms with van der Waals surface area (Å²) in [5.74, 6) is 0.383. The van der Waals surface area contributed by atoms with E-state index in [-0.39, 0.29) is 18.6 Å². The van der Waals surface area contributed by atoms with Crippen LogP contribution in [-0.2, 0) is 0 Å². The number of nitrogens with zero attached hydrogens (tertiary/aromatic N) is 2. The Balaban J connectivity index is 2.82. The SMILES string of the molecule is Cc1ncc(C(=O)NC(C)CO)c(C)n1. The molecule has 0 aromatic carbocycles. The number of carbonyl (C=O) groups is 1. The van der Waals surface area contributed by atoms with E-state index in [1.54, 1.807) is 20.8 Å². The monoisotopic (exact) mass is 209 g/mol. The van der Waals surface area contributed by atoms with Crippen molar-refractivity contribution in [3.63, 3.8) is 0 Å². The number of hydrogen-bond donors (Lipinski definition) is 2. The molecule has 82 valence electrons. The zero-order valence-corrected chi connectivity index (χ0v) is 9.11. The Kier molecular flexibility index (Phi) is 3.74. The number of aryl methyl sites for hydroxylation is 2. The molecule has 0 spiro atoms. The highest BCUT2D eigenvalue weighted by Crippen LogP contribution is 2.03. The lowest BCUT2D eigenvalue weighted by Crippen LogP contribution is -2.35. The van der Waals surface area contributed by atoms with Crippen LogP contribution in [0.5, 0.6) is 0 Å². The Morgan fingerprint density at radius 2 is 2.27 bits per heavy atom. The van der Waals surface area contributed by atoms with E-state index in [1.807, 2.05) is 0 Å². The van der Waals surface area contributed by atoms with Gasteiger partial charge in [0.1, 0.15) is 5.82 Å². The van der Waals surface area contributed by atoms with Gasteiger partial charge in [-0.05, 0) is 20.8 Å². The number of nitrogens with one attached hydrogen (secondary N) is 1. The van der Waals surface area contributed by atoms with Crippen molar-refractivity contribution in [3.05, 3.63) is 23.3 Å². The second-order valence-corrected chi connectivity index (χ2v) is 3.47. The number of amides is 1. The van der Waals surface area contributed by atoms with Gasteiger partial charge >= 0.3 is 0 Å². The van der Waals surface area contributed by atoms with Gasteiger partial charge in [-0.3, -0.25) is 4.79 Å². The summed E-state index contributed by atoms with van der Waals surface area (Å²) in [6.45, 7) is 5.16. The number of aliphatic hydroxyl groups excluding tert-OH is 1. The van der Waals surface area contributed by atoms with Gasteiger partial charge in [0.05, 0.1) is 17.9 Å². The van der Waals surface area contributed by atoms with Crippen LogP contribution < -0.4 is 5.32 Å². The summed E-state index contributed by atoms with van der Waals surface area (Å²) in [6.07, 6.45) is 1.50. The molecule has 0 saturated carbocycles. The first-order chi connectivity index (χ1) is 7.04. The van der Waals surface area contributed by atoms with Gasteiger partial charge in [-0.25, -0.2) is 9.97 Å². The molecule has 1 aromatic rings. The van der Waals surface area contributed by atoms with Crippen LogP contribution >= 0.6 is 0 Å². The third kappa shape index (κ3) is 2.99. The van der Waals surface area contributed by atoms with Crippen molar-refractivity contribution >= 4 is 5.91 Å². The van der Waals surface area contributed by atoms with Crippen molar-refractivity contribution < 1.29 is 9.90 Å². The van der Waals surface area contributed by atoms with Crippen molar-refractivity contribution in [2.45, 2.75) is 26.8 Å². The molecule has 0 aliphatic rings. The van der Waals surface area contributed by atoms with Gasteiger partial charge in [0, 0.05) is 12.2 Å². The Morgan fingerprint density at radius 3 is 2.80 bits per heavy atom. The van der Waals surface area contributed by atoms with Crippen LogP contribution in [0.1, 0.15) is 28.8 Å². The summed E-state index contributed by atoms with van der Waals surface area (Å²) in [7, 11) is 0. The fourth-order valence-corrected chi connectivity index (χ4v) is 1.15. The molecule has 0 saturated heterocycles. The van der Waals surface area contributed by atoms with Gasteiger partial charge in [-0.15, -0.1) is 0 Å². The van der Waals surface area contributed by atoms with E-state index < -0.39 is 0 Å². The molecule has 0 radical (unpaired) electrons. The first-order valence-corrected chi connectivity index (χ1v) is 4.76. The van der Waals surface area contributed by atoms with E-state index in [4.69, 9.17) is 5.11 Å². The van der Waals surface area contributed by atoms with E-state index in [1.165, 1.54) is 6.20 Å². The highest BCUT2D eigenvalue weighted by Gasteiger charge is 2.12. The standard InChI is InChI=1S/C10H15N3O2/c1-6(5-14)12-10(15)9-4-11-8(3)13-7(9)2/h4,6,14H,5H2,1-3H3,(H,12,15). The Labute approximate surface area is 88.6 Å². The smallest absolute Gasteiger partial charge is 0.254 e. The maximum atomic E-state index is 11.6. The maximum absolute atomic E-state index is 11.6. The largest absolute Gasteiger partial charge is 0.394 e. The predicted octanol–water partition coefficient (Wildman–Crippen LogP) is 0.204. The van der Waals surface area contributed by atoms with Crippen LogP contribution in [0.25, 0.3) is 0 Å². The van der Waals surface area contributed by atoms with Crippen molar-refractivity contribution in [1.82, 2.24) is 15.3 Å². The molecule has 1 atom stereocenters. The molecule has 2 N–H and O–H groups in total. The molecular formula is C10H15N3O2. The van der Waals surface area contributed by atoms with Crippen molar-refractivity contribution in [2.75, 3.05) is 6.61 Å². The molecule has 0 aliphatic heterocycles. The lowest BCUT2D eigenvalue weighted by atomic mass is 10.2. The first kappa shape index (κ1) is 11.6. The van der Waals surface area contributed by atoms with Crippen LogP contribution in [0.4, 0.5) is 0 Å². The number of aliphatic hydroxyl groups is 1. The van der Waals surface area contributed by atoms with Crippen molar-refractivity contribution in [1.29, 1.82) is 0 Å². The number of aromatic nitrogens is 2. The van der Waals surface area contributed by atoms with E-state index in [0.717, 1.165) is 0 Å². The lowest BCUT2D eigenvalue weighted by molar-refractivity contribution is 0.0921. The Bertz CT molecular complexity index is 366. The van der Waals surface area contributed by atoms with Crippen molar-refractivity contribution in [3.8, 4) is 0 Å². The average molecular weight is 209 g/mol. The third-order valence-electron chi connectivity index (χ3n) is 2.00. The minimum absolute atomic E-state index is 0.0858. The highest BCUT2D eigenvalue weighted by molar-refractivity contribution is 5.95. The van der Waals surface area contributed by atoms with Crippen LogP contribution in [-0.4, -0.2) is 33.6 Å². The van der Waals surface area contributed by atoms with Crippen LogP contribution in [0.3, 0.4) is 0 Å². The van der Waals surface area contributed by atoms with Gasteiger partial charge in [-0.1, -0.05) is 0 Å². The summed E-state index contributed by atoms with van der Waals surface area (Å²) >= 11 is 0. The topological polar surface area (TPSA) is 75.1 Å². The Hall–Kier alpha value is -1.49. The molecule has 1 rings (SSSR count). The molecule has 15 heavy (non-hydrogen) atoms. The molecule has 0 fully saturated rings. The van der Waals surface area contributed by atoms with Crippen LogP contribution in [0, 0.1) is 13.8 Å². The third-order valence-corrected chi connectivity index (χ3v) is 2.00. The molecule has 5 heteroatoms. The molecule has 5 nitrogen and oxygen atoms in total. The van der Waals surface area contributed by atoms with E-state index >= 15 is 0 Å². The number of carbonyl (C=O) groups excluding carboxylic acids is 1. The second-order valence-electron chi connectivity index (χ2n) is 3.47. The molecule has 1 unspecified atom stereocenters. The molecule has 0 aliphatic carbocycles. The van der Waals surface area contributed by atoms with Crippen LogP contribution in [0.15, 0.2) is 6.20 Å². The molecule has 1 aromatic heterocycles. The fraction of sp³-hybridized carbons (Fsp3) is 0.500. The fourth-order valence-electron chi connectivity index (χ4n) is 1.15. The minimum atomic E-state index is -0.266. The average Bonchev–Trinajstić information content (AvgIpc) is 2.17. The minimum Gasteiger partial charge on any atom is -0.394 e. The van der Waals surface area contributed by atoms with E-state index in [9.17, 15) is 4.79 Å². The second kappa shape index (κ2) is 4.84. The highest BCUT2D eigenvalue weighted by atomic mass is 16.3. The number of rotatable bonds is 3. The van der Waals surface area contributed by atoms with Gasteiger partial charge in [0.2, 0.25) is 0 Å². The quantitative estimate of drug-likeness (QED) is 0.746. The van der Waals surface area contributed by atoms with Gasteiger partial charge < -0.3 is 10.4 Å². The summed E-state index contributed by atoms with van der Waals surface area (Å²) in [4.78, 5) is 19.7. The maximum Gasteiger partial charge on any atom is 0.254 e. The predicted molar refractivity (Wildman–Crippen MR) is 55.5 cm³/mol. The summed E-state index contributed by atoms with van der Waals surface area (Å²) in [5.41, 5.74) is 1.09. The summed E-state index contributed by atoms with van der Waals surface area (Å²) < 4.78 is 0. The van der Waals surface area contributed by atoms with E-state index in [0.29, 0.717) is 17.1 Å². The normalized spacial score (nSPS) is 12.3. The molecular weight excluding hydrogens is 194 g/mol. The first-order valence-electron chi connectivity index (χ1n) is 4.76. The molecule has 1 heterocycles. The molecule has 1 amide bonds. The van der Waals surface area contributed by atoms with Crippen LogP contribution in [0.2, 0.25) is 0 Å². The number of hydrogen-bond acceptors (Lipinski definition) is 4.